The molecule has 7 nitrogen and oxygen atoms in total. The Kier molecular flexibility index (Phi) is 8.32. The molecule has 2 aromatic heterocycles. The molecule has 0 N–H and O–H groups in total. The first-order valence-corrected chi connectivity index (χ1v) is 17.1. The van der Waals surface area contributed by atoms with Gasteiger partial charge < -0.3 is 18.6 Å². The highest BCUT2D eigenvalue weighted by Crippen LogP contribution is 2.41. The van der Waals surface area contributed by atoms with E-state index in [0.717, 1.165) is 10.4 Å². The van der Waals surface area contributed by atoms with E-state index in [1.54, 1.807) is 6.20 Å². The van der Waals surface area contributed by atoms with E-state index in [1.165, 1.54) is 6.20 Å². The van der Waals surface area contributed by atoms with E-state index >= 15 is 4.39 Å². The zero-order valence-electron chi connectivity index (χ0n) is 25.6. The first-order valence-electron chi connectivity index (χ1n) is 14.8. The molecular formula is C34H36ClFN4O3Si. The first-order chi connectivity index (χ1) is 21.1. The molecule has 2 atom stereocenters. The van der Waals surface area contributed by atoms with Crippen LogP contribution in [0.3, 0.4) is 0 Å². The Morgan fingerprint density at radius 2 is 1.59 bits per heavy atom. The number of morpholine rings is 1. The van der Waals surface area contributed by atoms with Crippen LogP contribution in [-0.2, 0) is 15.8 Å². The molecule has 0 amide bonds. The lowest BCUT2D eigenvalue weighted by Crippen LogP contribution is -2.66. The molecule has 2 unspecified atom stereocenters. The van der Waals surface area contributed by atoms with E-state index in [9.17, 15) is 0 Å². The van der Waals surface area contributed by atoms with Gasteiger partial charge in [0.05, 0.1) is 42.3 Å². The van der Waals surface area contributed by atoms with Crippen molar-refractivity contribution in [3.63, 3.8) is 0 Å². The van der Waals surface area contributed by atoms with E-state index in [0.29, 0.717) is 41.1 Å². The highest BCUT2D eigenvalue weighted by molar-refractivity contribution is 6.99. The maximum absolute atomic E-state index is 16.8. The van der Waals surface area contributed by atoms with E-state index in [4.69, 9.17) is 25.3 Å². The Hall–Kier alpha value is -3.63. The molecule has 10 heteroatoms. The maximum atomic E-state index is 16.8. The first kappa shape index (κ1) is 30.4. The highest BCUT2D eigenvalue weighted by Gasteiger charge is 2.50. The third-order valence-electron chi connectivity index (χ3n) is 8.20. The van der Waals surface area contributed by atoms with Crippen LogP contribution >= 0.6 is 11.6 Å². The van der Waals surface area contributed by atoms with Gasteiger partial charge in [0.2, 0.25) is 5.58 Å². The zero-order chi connectivity index (χ0) is 31.1. The molecule has 5 aromatic rings. The second-order valence-corrected chi connectivity index (χ2v) is 17.1. The van der Waals surface area contributed by atoms with Gasteiger partial charge in [0.1, 0.15) is 16.5 Å². The lowest BCUT2D eigenvalue weighted by atomic mass is 10.0. The average Bonchev–Trinajstić information content (AvgIpc) is 3.42. The monoisotopic (exact) mass is 630 g/mol. The van der Waals surface area contributed by atoms with Crippen molar-refractivity contribution in [2.45, 2.75) is 58.5 Å². The molecule has 1 fully saturated rings. The number of rotatable bonds is 7. The number of anilines is 1. The van der Waals surface area contributed by atoms with Crippen LogP contribution in [0, 0.1) is 5.82 Å². The molecule has 3 aromatic carbocycles. The third-order valence-corrected chi connectivity index (χ3v) is 13.4. The van der Waals surface area contributed by atoms with Crippen molar-refractivity contribution >= 4 is 46.9 Å². The summed E-state index contributed by atoms with van der Waals surface area (Å²) in [6.07, 6.45) is 2.83. The van der Waals surface area contributed by atoms with Gasteiger partial charge in [0, 0.05) is 18.7 Å². The molecule has 3 heterocycles. The predicted molar refractivity (Wildman–Crippen MR) is 175 cm³/mol. The largest absolute Gasteiger partial charge is 0.403 e. The summed E-state index contributed by atoms with van der Waals surface area (Å²) in [5.41, 5.74) is 1.96. The van der Waals surface area contributed by atoms with Crippen molar-refractivity contribution in [2.24, 2.45) is 0 Å². The van der Waals surface area contributed by atoms with Crippen LogP contribution < -0.4 is 15.3 Å². The highest BCUT2D eigenvalue weighted by atomic mass is 35.5. The van der Waals surface area contributed by atoms with Gasteiger partial charge in [0.25, 0.3) is 8.32 Å². The standard InChI is InChI=1S/C34H36ClFN4O3Si/c1-22-19-40(20-23(2)42-22)32-24(16-27-31(39-43-33(27)30(32)36)28-17-37-18-29(35)38-28)21-41-44(34(3,4)5,25-12-8-6-9-13-25)26-14-10-7-11-15-26/h6-18,22-23H,19-21H2,1-5H3. The van der Waals surface area contributed by atoms with Crippen LogP contribution in [0.4, 0.5) is 10.1 Å². The van der Waals surface area contributed by atoms with Crippen molar-refractivity contribution in [1.29, 1.82) is 0 Å². The lowest BCUT2D eigenvalue weighted by molar-refractivity contribution is -0.00548. The second-order valence-electron chi connectivity index (χ2n) is 12.4. The minimum absolute atomic E-state index is 0.0535. The van der Waals surface area contributed by atoms with Crippen molar-refractivity contribution in [1.82, 2.24) is 15.1 Å². The van der Waals surface area contributed by atoms with Crippen LogP contribution in [-0.4, -0.2) is 48.7 Å². The van der Waals surface area contributed by atoms with Gasteiger partial charge in [-0.2, -0.15) is 0 Å². The molecule has 0 spiro atoms. The van der Waals surface area contributed by atoms with Gasteiger partial charge in [0.15, 0.2) is 5.82 Å². The van der Waals surface area contributed by atoms with Gasteiger partial charge in [-0.3, -0.25) is 4.98 Å². The molecule has 1 saturated heterocycles. The number of nitrogens with zero attached hydrogens (tertiary/aromatic N) is 4. The molecule has 1 aliphatic heterocycles. The fourth-order valence-electron chi connectivity index (χ4n) is 6.48. The lowest BCUT2D eigenvalue weighted by Gasteiger charge is -2.43. The summed E-state index contributed by atoms with van der Waals surface area (Å²) in [5, 5.41) is 6.96. The molecule has 0 aliphatic carbocycles. The fraction of sp³-hybridized carbons (Fsp3) is 0.324. The van der Waals surface area contributed by atoms with Gasteiger partial charge in [-0.1, -0.05) is 98.2 Å². The van der Waals surface area contributed by atoms with Crippen molar-refractivity contribution in [3.05, 3.63) is 95.7 Å². The average molecular weight is 631 g/mol. The summed E-state index contributed by atoms with van der Waals surface area (Å²) in [7, 11) is -2.93. The number of benzene rings is 3. The van der Waals surface area contributed by atoms with Gasteiger partial charge in [-0.25, -0.2) is 9.37 Å². The van der Waals surface area contributed by atoms with E-state index in [1.807, 2.05) is 36.9 Å². The Morgan fingerprint density at radius 3 is 2.16 bits per heavy atom. The summed E-state index contributed by atoms with van der Waals surface area (Å²) in [6, 6.07) is 22.8. The van der Waals surface area contributed by atoms with Crippen LogP contribution in [0.25, 0.3) is 22.4 Å². The van der Waals surface area contributed by atoms with Crippen LogP contribution in [0.1, 0.15) is 40.2 Å². The number of hydrogen-bond donors (Lipinski definition) is 0. The van der Waals surface area contributed by atoms with Crippen LogP contribution in [0.15, 0.2) is 83.6 Å². The van der Waals surface area contributed by atoms with Gasteiger partial charge >= 0.3 is 0 Å². The molecule has 228 valence electrons. The third kappa shape index (κ3) is 5.54. The molecule has 0 radical (unpaired) electrons. The summed E-state index contributed by atoms with van der Waals surface area (Å²) in [4.78, 5) is 10.6. The number of halogens is 2. The Labute approximate surface area is 263 Å². The summed E-state index contributed by atoms with van der Waals surface area (Å²) in [5.74, 6) is -0.487. The molecular weight excluding hydrogens is 595 g/mol. The van der Waals surface area contributed by atoms with E-state index in [-0.39, 0.29) is 34.6 Å². The van der Waals surface area contributed by atoms with Crippen molar-refractivity contribution < 1.29 is 18.1 Å². The predicted octanol–water partition coefficient (Wildman–Crippen LogP) is 6.77. The SMILES string of the molecule is CC1CN(c2c(CO[Si](c3ccccc3)(c3ccccc3)C(C)(C)C)cc3c(-c4cncc(Cl)n4)noc3c2F)CC(C)O1. The summed E-state index contributed by atoms with van der Waals surface area (Å²) in [6.45, 7) is 11.9. The summed E-state index contributed by atoms with van der Waals surface area (Å²) >= 11 is 6.15. The molecule has 1 aliphatic rings. The topological polar surface area (TPSA) is 73.5 Å². The van der Waals surface area contributed by atoms with Crippen molar-refractivity contribution in [2.75, 3.05) is 18.0 Å². The number of fused-ring (bicyclic) bond motifs is 1. The van der Waals surface area contributed by atoms with Gasteiger partial charge in [-0.15, -0.1) is 0 Å². The number of hydrogen-bond acceptors (Lipinski definition) is 7. The number of aromatic nitrogens is 3. The van der Waals surface area contributed by atoms with Crippen LogP contribution in [0.5, 0.6) is 0 Å². The Morgan fingerprint density at radius 1 is 0.977 bits per heavy atom. The van der Waals surface area contributed by atoms with Crippen LogP contribution in [0.2, 0.25) is 10.2 Å². The quantitative estimate of drug-likeness (QED) is 0.184. The zero-order valence-corrected chi connectivity index (χ0v) is 27.3. The summed E-state index contributed by atoms with van der Waals surface area (Å²) < 4.78 is 35.7. The Balaban J connectivity index is 1.54. The maximum Gasteiger partial charge on any atom is 0.261 e. The molecule has 44 heavy (non-hydrogen) atoms. The molecule has 6 rings (SSSR count). The van der Waals surface area contributed by atoms with E-state index in [2.05, 4.69) is 84.4 Å². The number of ether oxygens (including phenoxy) is 1. The van der Waals surface area contributed by atoms with Crippen molar-refractivity contribution in [3.8, 4) is 11.4 Å². The van der Waals surface area contributed by atoms with E-state index < -0.39 is 14.1 Å². The fourth-order valence-corrected chi connectivity index (χ4v) is 11.2. The molecule has 0 bridgehead atoms. The minimum atomic E-state index is -2.93. The normalized spacial score (nSPS) is 17.8. The smallest absolute Gasteiger partial charge is 0.261 e. The Bertz CT molecular complexity index is 1710. The van der Waals surface area contributed by atoms with Gasteiger partial charge in [-0.05, 0) is 35.3 Å². The molecule has 0 saturated carbocycles. The second kappa shape index (κ2) is 12.0. The minimum Gasteiger partial charge on any atom is -0.403 e.